The Kier molecular flexibility index (Phi) is 10.4. The lowest BCUT2D eigenvalue weighted by Gasteiger charge is -2.16. The van der Waals surface area contributed by atoms with Crippen LogP contribution in [0.5, 0.6) is 0 Å². The summed E-state index contributed by atoms with van der Waals surface area (Å²) in [5, 5.41) is 0. The third-order valence-electron chi connectivity index (χ3n) is 8.62. The second kappa shape index (κ2) is 15.6. The van der Waals surface area contributed by atoms with Crippen molar-refractivity contribution in [1.82, 2.24) is 0 Å². The van der Waals surface area contributed by atoms with E-state index in [1.54, 1.807) is 0 Å². The van der Waals surface area contributed by atoms with E-state index in [9.17, 15) is 9.59 Å². The number of benzene rings is 5. The Morgan fingerprint density at radius 2 is 1.02 bits per heavy atom. The number of carbonyl (C=O) groups excluding carboxylic acids is 2. The fourth-order valence-electron chi connectivity index (χ4n) is 6.42. The van der Waals surface area contributed by atoms with Crippen LogP contribution in [0.3, 0.4) is 0 Å². The Labute approximate surface area is 283 Å². The zero-order chi connectivity index (χ0) is 33.1. The van der Waals surface area contributed by atoms with Gasteiger partial charge in [-0.1, -0.05) is 177 Å². The van der Waals surface area contributed by atoms with Crippen molar-refractivity contribution in [1.29, 1.82) is 0 Å². The standard InChI is InChI=1S/C46H38O2/c1-2-3-20-36(31-19-32-40(34-21-9-4-10-22-34)41(33-47)35-23-11-5-12-24-35)42-43(37-25-13-6-14-26-37)45(39-29-17-8-18-30-39)46(48)44(42)38-27-15-7-16-28-38/h3-18,20-31,33H,2,19,32H2,1H3/b20-3-,36-31+,41-40-. The van der Waals surface area contributed by atoms with Gasteiger partial charge in [0.1, 0.15) is 0 Å². The predicted octanol–water partition coefficient (Wildman–Crippen LogP) is 11.1. The highest BCUT2D eigenvalue weighted by atomic mass is 16.1. The maximum Gasteiger partial charge on any atom is 0.195 e. The van der Waals surface area contributed by atoms with Gasteiger partial charge in [0.05, 0.1) is 0 Å². The minimum absolute atomic E-state index is 0.0224. The lowest BCUT2D eigenvalue weighted by molar-refractivity contribution is -0.108. The molecule has 48 heavy (non-hydrogen) atoms. The zero-order valence-corrected chi connectivity index (χ0v) is 27.2. The van der Waals surface area contributed by atoms with E-state index in [1.807, 2.05) is 127 Å². The van der Waals surface area contributed by atoms with Crippen molar-refractivity contribution in [3.05, 3.63) is 209 Å². The first-order valence-corrected chi connectivity index (χ1v) is 16.6. The first kappa shape index (κ1) is 32.1. The molecule has 2 heteroatoms. The van der Waals surface area contributed by atoms with Crippen LogP contribution in [0.1, 0.15) is 54.0 Å². The van der Waals surface area contributed by atoms with Gasteiger partial charge >= 0.3 is 0 Å². The van der Waals surface area contributed by atoms with E-state index in [-0.39, 0.29) is 5.78 Å². The van der Waals surface area contributed by atoms with Crippen LogP contribution in [0.4, 0.5) is 0 Å². The number of rotatable bonds is 12. The Bertz CT molecular complexity index is 2030. The Morgan fingerprint density at radius 1 is 0.562 bits per heavy atom. The van der Waals surface area contributed by atoms with Gasteiger partial charge in [0.25, 0.3) is 0 Å². The number of hydrogen-bond acceptors (Lipinski definition) is 2. The summed E-state index contributed by atoms with van der Waals surface area (Å²) in [5.74, 6) is 0.0224. The monoisotopic (exact) mass is 622 g/mol. The Morgan fingerprint density at radius 3 is 1.52 bits per heavy atom. The normalized spacial score (nSPS) is 14.1. The van der Waals surface area contributed by atoms with Gasteiger partial charge < -0.3 is 0 Å². The lowest BCUT2D eigenvalue weighted by atomic mass is 9.87. The molecule has 5 aromatic rings. The first-order valence-electron chi connectivity index (χ1n) is 16.6. The van der Waals surface area contributed by atoms with Crippen LogP contribution in [-0.2, 0) is 9.59 Å². The van der Waals surface area contributed by atoms with Crippen molar-refractivity contribution in [3.63, 3.8) is 0 Å². The van der Waals surface area contributed by atoms with Crippen molar-refractivity contribution < 1.29 is 9.59 Å². The van der Waals surface area contributed by atoms with Crippen molar-refractivity contribution in [2.45, 2.75) is 26.2 Å². The average Bonchev–Trinajstić information content (AvgIpc) is 3.46. The SMILES string of the molecule is CC/C=C\C(=C/CC/C(=C(\C=O)c1ccccc1)c1ccccc1)C1=C(c2ccccc2)C(=O)C(c2ccccc2)=C1c1ccccc1. The molecule has 6 rings (SSSR count). The maximum atomic E-state index is 14.7. The molecule has 0 unspecified atom stereocenters. The molecule has 0 bridgehead atoms. The van der Waals surface area contributed by atoms with Gasteiger partial charge in [-0.15, -0.1) is 0 Å². The summed E-state index contributed by atoms with van der Waals surface area (Å²) in [5.41, 5.74) is 10.7. The summed E-state index contributed by atoms with van der Waals surface area (Å²) >= 11 is 0. The number of carbonyl (C=O) groups is 2. The zero-order valence-electron chi connectivity index (χ0n) is 27.2. The molecule has 5 aromatic carbocycles. The van der Waals surface area contributed by atoms with Gasteiger partial charge in [-0.2, -0.15) is 0 Å². The van der Waals surface area contributed by atoms with E-state index >= 15 is 0 Å². The fraction of sp³-hybridized carbons (Fsp3) is 0.0870. The summed E-state index contributed by atoms with van der Waals surface area (Å²) in [6.45, 7) is 2.12. The third kappa shape index (κ3) is 6.94. The first-order chi connectivity index (χ1) is 23.7. The molecular weight excluding hydrogens is 585 g/mol. The summed E-state index contributed by atoms with van der Waals surface area (Å²) in [4.78, 5) is 27.4. The minimum atomic E-state index is 0.0224. The number of Topliss-reactive ketones (excluding diaryl/α,β-unsaturated/α-hetero) is 1. The van der Waals surface area contributed by atoms with Crippen molar-refractivity contribution in [2.24, 2.45) is 0 Å². The Hall–Kier alpha value is -5.86. The highest BCUT2D eigenvalue weighted by Crippen LogP contribution is 2.48. The topological polar surface area (TPSA) is 34.1 Å². The van der Waals surface area contributed by atoms with E-state index < -0.39 is 0 Å². The lowest BCUT2D eigenvalue weighted by Crippen LogP contribution is -2.02. The predicted molar refractivity (Wildman–Crippen MR) is 201 cm³/mol. The third-order valence-corrected chi connectivity index (χ3v) is 8.62. The highest BCUT2D eigenvalue weighted by Gasteiger charge is 2.35. The molecule has 1 aliphatic carbocycles. The molecule has 2 nitrogen and oxygen atoms in total. The van der Waals surface area contributed by atoms with E-state index in [1.165, 1.54) is 0 Å². The smallest absolute Gasteiger partial charge is 0.195 e. The van der Waals surface area contributed by atoms with Gasteiger partial charge in [-0.05, 0) is 58.2 Å². The summed E-state index contributed by atoms with van der Waals surface area (Å²) in [6, 6.07) is 50.3. The number of aldehydes is 1. The van der Waals surface area contributed by atoms with Crippen LogP contribution in [0.15, 0.2) is 181 Å². The molecular formula is C46H38O2. The molecule has 0 radical (unpaired) electrons. The maximum absolute atomic E-state index is 14.7. The average molecular weight is 623 g/mol. The van der Waals surface area contributed by atoms with Crippen molar-refractivity contribution >= 4 is 39.9 Å². The molecule has 0 saturated heterocycles. The second-order valence-corrected chi connectivity index (χ2v) is 11.7. The molecule has 234 valence electrons. The van der Waals surface area contributed by atoms with E-state index in [0.29, 0.717) is 29.6 Å². The largest absolute Gasteiger partial charge is 0.298 e. The van der Waals surface area contributed by atoms with Crippen LogP contribution in [0.2, 0.25) is 0 Å². The fourth-order valence-corrected chi connectivity index (χ4v) is 6.42. The Balaban J connectivity index is 1.55. The summed E-state index contributed by atoms with van der Waals surface area (Å²) in [6.07, 6.45) is 9.70. The minimum Gasteiger partial charge on any atom is -0.298 e. The van der Waals surface area contributed by atoms with Gasteiger partial charge in [-0.25, -0.2) is 0 Å². The van der Waals surface area contributed by atoms with Crippen LogP contribution >= 0.6 is 0 Å². The van der Waals surface area contributed by atoms with E-state index in [2.05, 4.69) is 49.4 Å². The molecule has 0 fully saturated rings. The molecule has 0 N–H and O–H groups in total. The molecule has 0 aliphatic heterocycles. The van der Waals surface area contributed by atoms with E-state index in [0.717, 1.165) is 62.8 Å². The van der Waals surface area contributed by atoms with Crippen molar-refractivity contribution in [2.75, 3.05) is 0 Å². The van der Waals surface area contributed by atoms with Crippen LogP contribution < -0.4 is 0 Å². The molecule has 0 spiro atoms. The van der Waals surface area contributed by atoms with Gasteiger partial charge in [0, 0.05) is 27.9 Å². The van der Waals surface area contributed by atoms with E-state index in [4.69, 9.17) is 0 Å². The molecule has 0 heterocycles. The second-order valence-electron chi connectivity index (χ2n) is 11.7. The molecule has 1 aliphatic rings. The highest BCUT2D eigenvalue weighted by molar-refractivity contribution is 6.53. The van der Waals surface area contributed by atoms with Gasteiger partial charge in [-0.3, -0.25) is 9.59 Å². The number of hydrogen-bond donors (Lipinski definition) is 0. The molecule has 0 amide bonds. The summed E-state index contributed by atoms with van der Waals surface area (Å²) < 4.78 is 0. The van der Waals surface area contributed by atoms with Crippen molar-refractivity contribution in [3.8, 4) is 0 Å². The van der Waals surface area contributed by atoms with Crippen LogP contribution in [0.25, 0.3) is 27.9 Å². The summed E-state index contributed by atoms with van der Waals surface area (Å²) in [7, 11) is 0. The molecule has 0 atom stereocenters. The molecule has 0 saturated carbocycles. The number of ketones is 1. The van der Waals surface area contributed by atoms with Crippen LogP contribution in [-0.4, -0.2) is 12.1 Å². The van der Waals surface area contributed by atoms with Crippen LogP contribution in [0, 0.1) is 0 Å². The van der Waals surface area contributed by atoms with Gasteiger partial charge in [0.15, 0.2) is 12.1 Å². The van der Waals surface area contributed by atoms with Gasteiger partial charge in [0.2, 0.25) is 0 Å². The molecule has 0 aromatic heterocycles. The number of allylic oxidation sites excluding steroid dienone is 10. The quantitative estimate of drug-likeness (QED) is 0.0600.